The SMILES string of the molecule is Cc1cc(-c2ccccc2)ccc1-n1c(=O)n(C2CCNC2)c2ncccc21. The molecule has 1 atom stereocenters. The summed E-state index contributed by atoms with van der Waals surface area (Å²) < 4.78 is 3.67. The van der Waals surface area contributed by atoms with Gasteiger partial charge in [-0.2, -0.15) is 0 Å². The van der Waals surface area contributed by atoms with Crippen LogP contribution in [0.2, 0.25) is 0 Å². The fraction of sp³-hybridized carbons (Fsp3) is 0.217. The van der Waals surface area contributed by atoms with Crippen LogP contribution in [0.4, 0.5) is 0 Å². The fourth-order valence-corrected chi connectivity index (χ4v) is 4.19. The minimum absolute atomic E-state index is 0.0158. The standard InChI is InChI=1S/C23H22N4O/c1-16-14-18(17-6-3-2-4-7-17)9-10-20(16)27-21-8-5-12-25-22(21)26(23(27)28)19-11-13-24-15-19/h2-10,12,14,19,24H,11,13,15H2,1H3. The number of aryl methyl sites for hydroxylation is 1. The van der Waals surface area contributed by atoms with E-state index in [4.69, 9.17) is 0 Å². The van der Waals surface area contributed by atoms with Crippen LogP contribution >= 0.6 is 0 Å². The van der Waals surface area contributed by atoms with Gasteiger partial charge in [0, 0.05) is 12.7 Å². The number of nitrogens with zero attached hydrogens (tertiary/aromatic N) is 3. The highest BCUT2D eigenvalue weighted by Crippen LogP contribution is 2.27. The molecule has 0 aliphatic carbocycles. The van der Waals surface area contributed by atoms with Gasteiger partial charge in [0.15, 0.2) is 5.65 Å². The highest BCUT2D eigenvalue weighted by atomic mass is 16.1. The van der Waals surface area contributed by atoms with Crippen LogP contribution < -0.4 is 11.0 Å². The molecule has 3 heterocycles. The van der Waals surface area contributed by atoms with Crippen molar-refractivity contribution in [2.45, 2.75) is 19.4 Å². The van der Waals surface area contributed by atoms with Crippen molar-refractivity contribution in [2.75, 3.05) is 13.1 Å². The third-order valence-electron chi connectivity index (χ3n) is 5.58. The molecule has 1 fully saturated rings. The zero-order valence-corrected chi connectivity index (χ0v) is 15.8. The Balaban J connectivity index is 1.70. The lowest BCUT2D eigenvalue weighted by Gasteiger charge is -2.11. The molecule has 0 spiro atoms. The number of imidazole rings is 1. The summed E-state index contributed by atoms with van der Waals surface area (Å²) in [6.07, 6.45) is 2.71. The first-order valence-corrected chi connectivity index (χ1v) is 9.69. The predicted molar refractivity (Wildman–Crippen MR) is 112 cm³/mol. The zero-order valence-electron chi connectivity index (χ0n) is 15.8. The first kappa shape index (κ1) is 17.0. The van der Waals surface area contributed by atoms with Crippen molar-refractivity contribution in [3.63, 3.8) is 0 Å². The number of pyridine rings is 1. The van der Waals surface area contributed by atoms with Crippen molar-refractivity contribution in [3.05, 3.63) is 82.9 Å². The molecule has 1 saturated heterocycles. The van der Waals surface area contributed by atoms with Gasteiger partial charge in [0.2, 0.25) is 0 Å². The van der Waals surface area contributed by atoms with Crippen LogP contribution in [-0.2, 0) is 0 Å². The molecule has 4 aromatic rings. The smallest absolute Gasteiger partial charge is 0.315 e. The third-order valence-corrected chi connectivity index (χ3v) is 5.58. The van der Waals surface area contributed by atoms with Crippen LogP contribution in [0.5, 0.6) is 0 Å². The van der Waals surface area contributed by atoms with Crippen molar-refractivity contribution < 1.29 is 0 Å². The summed E-state index contributed by atoms with van der Waals surface area (Å²) >= 11 is 0. The largest absolute Gasteiger partial charge is 0.335 e. The molecule has 1 aliphatic heterocycles. The highest BCUT2D eigenvalue weighted by molar-refractivity contribution is 5.75. The summed E-state index contributed by atoms with van der Waals surface area (Å²) in [7, 11) is 0. The number of benzene rings is 2. The summed E-state index contributed by atoms with van der Waals surface area (Å²) in [5.74, 6) is 0. The zero-order chi connectivity index (χ0) is 19.1. The van der Waals surface area contributed by atoms with Gasteiger partial charge in [0.05, 0.1) is 17.2 Å². The Bertz CT molecular complexity index is 1200. The number of aromatic nitrogens is 3. The molecule has 5 nitrogen and oxygen atoms in total. The Hall–Kier alpha value is -3.18. The molecule has 0 bridgehead atoms. The summed E-state index contributed by atoms with van der Waals surface area (Å²) in [6.45, 7) is 3.80. The highest BCUT2D eigenvalue weighted by Gasteiger charge is 2.25. The summed E-state index contributed by atoms with van der Waals surface area (Å²) in [4.78, 5) is 18.0. The van der Waals surface area contributed by atoms with E-state index in [1.807, 2.05) is 45.5 Å². The first-order chi connectivity index (χ1) is 13.7. The van der Waals surface area contributed by atoms with E-state index in [1.165, 1.54) is 5.56 Å². The van der Waals surface area contributed by atoms with Gasteiger partial charge >= 0.3 is 5.69 Å². The second-order valence-corrected chi connectivity index (χ2v) is 7.35. The molecule has 5 rings (SSSR count). The van der Waals surface area contributed by atoms with E-state index in [1.54, 1.807) is 6.20 Å². The Morgan fingerprint density at radius 1 is 1.04 bits per heavy atom. The number of nitrogens with one attached hydrogen (secondary N) is 1. The van der Waals surface area contributed by atoms with Gasteiger partial charge in [-0.05, 0) is 60.8 Å². The Labute approximate surface area is 163 Å². The second-order valence-electron chi connectivity index (χ2n) is 7.35. The maximum Gasteiger partial charge on any atom is 0.335 e. The normalized spacial score (nSPS) is 16.7. The van der Waals surface area contributed by atoms with Crippen LogP contribution in [0.15, 0.2) is 71.7 Å². The second kappa shape index (κ2) is 6.77. The van der Waals surface area contributed by atoms with Gasteiger partial charge in [-0.15, -0.1) is 0 Å². The van der Waals surface area contributed by atoms with Gasteiger partial charge < -0.3 is 5.32 Å². The quantitative estimate of drug-likeness (QED) is 0.598. The molecular formula is C23H22N4O. The van der Waals surface area contributed by atoms with E-state index < -0.39 is 0 Å². The lowest BCUT2D eigenvalue weighted by molar-refractivity contribution is 0.537. The third kappa shape index (κ3) is 2.67. The van der Waals surface area contributed by atoms with Crippen LogP contribution in [0.3, 0.4) is 0 Å². The molecule has 2 aromatic carbocycles. The topological polar surface area (TPSA) is 51.9 Å². The van der Waals surface area contributed by atoms with Crippen LogP contribution in [0.25, 0.3) is 28.0 Å². The van der Waals surface area contributed by atoms with Gasteiger partial charge in [-0.3, -0.25) is 9.13 Å². The monoisotopic (exact) mass is 370 g/mol. The minimum Gasteiger partial charge on any atom is -0.315 e. The van der Waals surface area contributed by atoms with Crippen LogP contribution in [-0.4, -0.2) is 27.2 Å². The molecule has 0 saturated carbocycles. The maximum atomic E-state index is 13.4. The van der Waals surface area contributed by atoms with E-state index >= 15 is 0 Å². The fourth-order valence-electron chi connectivity index (χ4n) is 4.19. The lowest BCUT2D eigenvalue weighted by atomic mass is 10.0. The number of fused-ring (bicyclic) bond motifs is 1. The maximum absolute atomic E-state index is 13.4. The summed E-state index contributed by atoms with van der Waals surface area (Å²) in [5.41, 5.74) is 5.89. The average Bonchev–Trinajstić information content (AvgIpc) is 3.34. The Morgan fingerprint density at radius 2 is 1.89 bits per heavy atom. The molecule has 1 aliphatic rings. The molecule has 2 aromatic heterocycles. The molecule has 0 amide bonds. The van der Waals surface area contributed by atoms with Crippen LogP contribution in [0, 0.1) is 6.92 Å². The average molecular weight is 370 g/mol. The summed E-state index contributed by atoms with van der Waals surface area (Å²) in [6, 6.07) is 20.6. The first-order valence-electron chi connectivity index (χ1n) is 9.69. The van der Waals surface area contributed by atoms with Gasteiger partial charge in [0.1, 0.15) is 0 Å². The van der Waals surface area contributed by atoms with Crippen molar-refractivity contribution in [3.8, 4) is 16.8 Å². The van der Waals surface area contributed by atoms with E-state index in [0.717, 1.165) is 47.5 Å². The molecular weight excluding hydrogens is 348 g/mol. The Morgan fingerprint density at radius 3 is 2.64 bits per heavy atom. The van der Waals surface area contributed by atoms with Crippen molar-refractivity contribution >= 4 is 11.2 Å². The van der Waals surface area contributed by atoms with E-state index in [-0.39, 0.29) is 11.7 Å². The van der Waals surface area contributed by atoms with E-state index in [2.05, 4.69) is 41.5 Å². The molecule has 1 unspecified atom stereocenters. The molecule has 5 heteroatoms. The number of hydrogen-bond donors (Lipinski definition) is 1. The Kier molecular flexibility index (Phi) is 4.10. The molecule has 140 valence electrons. The van der Waals surface area contributed by atoms with Crippen molar-refractivity contribution in [1.82, 2.24) is 19.4 Å². The van der Waals surface area contributed by atoms with Gasteiger partial charge in [-0.1, -0.05) is 36.4 Å². The predicted octanol–water partition coefficient (Wildman–Crippen LogP) is 3.70. The van der Waals surface area contributed by atoms with Crippen LogP contribution in [0.1, 0.15) is 18.0 Å². The molecule has 0 radical (unpaired) electrons. The lowest BCUT2D eigenvalue weighted by Crippen LogP contribution is -2.28. The number of rotatable bonds is 3. The van der Waals surface area contributed by atoms with Gasteiger partial charge in [-0.25, -0.2) is 9.78 Å². The van der Waals surface area contributed by atoms with Crippen molar-refractivity contribution in [1.29, 1.82) is 0 Å². The molecule has 1 N–H and O–H groups in total. The summed E-state index contributed by atoms with van der Waals surface area (Å²) in [5, 5.41) is 3.35. The minimum atomic E-state index is -0.0158. The molecule has 28 heavy (non-hydrogen) atoms. The number of hydrogen-bond acceptors (Lipinski definition) is 3. The van der Waals surface area contributed by atoms with E-state index in [0.29, 0.717) is 0 Å². The van der Waals surface area contributed by atoms with Crippen molar-refractivity contribution in [2.24, 2.45) is 0 Å². The van der Waals surface area contributed by atoms with Gasteiger partial charge in [0.25, 0.3) is 0 Å². The van der Waals surface area contributed by atoms with E-state index in [9.17, 15) is 4.79 Å².